The number of amides is 2. The van der Waals surface area contributed by atoms with Crippen molar-refractivity contribution >= 4 is 35.2 Å². The number of carbonyl (C=O) groups excluding carboxylic acids is 2. The van der Waals surface area contributed by atoms with Crippen LogP contribution in [0.1, 0.15) is 44.7 Å². The lowest BCUT2D eigenvalue weighted by atomic mass is 10.1. The fourth-order valence-corrected chi connectivity index (χ4v) is 4.13. The summed E-state index contributed by atoms with van der Waals surface area (Å²) >= 11 is 7.56. The van der Waals surface area contributed by atoms with E-state index in [0.717, 1.165) is 10.5 Å². The minimum atomic E-state index is -0.479. The van der Waals surface area contributed by atoms with Crippen LogP contribution in [-0.4, -0.2) is 35.1 Å². The van der Waals surface area contributed by atoms with Crippen LogP contribution in [0, 0.1) is 12.8 Å². The number of carbonyl (C=O) groups is 2. The van der Waals surface area contributed by atoms with Gasteiger partial charge in [0.05, 0.1) is 0 Å². The van der Waals surface area contributed by atoms with E-state index in [1.807, 2.05) is 62.4 Å². The normalized spacial score (nSPS) is 11.9. The fraction of sp³-hybridized carbons (Fsp3) is 0.440. The third kappa shape index (κ3) is 8.58. The Hall–Kier alpha value is -1.98. The number of halogens is 1. The van der Waals surface area contributed by atoms with Gasteiger partial charge in [-0.3, -0.25) is 9.59 Å². The summed E-state index contributed by atoms with van der Waals surface area (Å²) in [5.41, 5.74) is 2.20. The molecule has 4 nitrogen and oxygen atoms in total. The number of benzene rings is 2. The van der Waals surface area contributed by atoms with E-state index < -0.39 is 6.04 Å². The van der Waals surface area contributed by atoms with Crippen molar-refractivity contribution in [1.29, 1.82) is 0 Å². The molecule has 0 saturated heterocycles. The van der Waals surface area contributed by atoms with Crippen molar-refractivity contribution in [3.05, 3.63) is 64.7 Å². The highest BCUT2D eigenvalue weighted by Gasteiger charge is 2.28. The van der Waals surface area contributed by atoms with Crippen molar-refractivity contribution in [2.45, 2.75) is 58.0 Å². The van der Waals surface area contributed by atoms with Gasteiger partial charge in [0.15, 0.2) is 0 Å². The Morgan fingerprint density at radius 3 is 2.29 bits per heavy atom. The minimum absolute atomic E-state index is 0.00594. The van der Waals surface area contributed by atoms with Crippen LogP contribution < -0.4 is 5.32 Å². The van der Waals surface area contributed by atoms with Crippen molar-refractivity contribution in [3.63, 3.8) is 0 Å². The molecular formula is C25H33ClN2O2S. The molecule has 0 radical (unpaired) electrons. The number of nitrogens with one attached hydrogen (secondary N) is 1. The SMILES string of the molecule is CC[C@H](C(=O)NCC(C)C)N(Cc1ccc(C)cc1)C(=O)CCSc1ccc(Cl)cc1. The molecule has 1 N–H and O–H groups in total. The molecule has 0 aliphatic carbocycles. The first-order valence-electron chi connectivity index (χ1n) is 10.8. The molecule has 0 unspecified atom stereocenters. The first-order chi connectivity index (χ1) is 14.8. The van der Waals surface area contributed by atoms with E-state index in [0.29, 0.717) is 42.6 Å². The maximum absolute atomic E-state index is 13.2. The Balaban J connectivity index is 2.10. The fourth-order valence-electron chi connectivity index (χ4n) is 3.16. The molecule has 0 aromatic heterocycles. The van der Waals surface area contributed by atoms with Gasteiger partial charge in [-0.25, -0.2) is 0 Å². The van der Waals surface area contributed by atoms with Crippen LogP contribution in [0.25, 0.3) is 0 Å². The molecule has 6 heteroatoms. The molecule has 2 rings (SSSR count). The van der Waals surface area contributed by atoms with Gasteiger partial charge in [0, 0.05) is 35.2 Å². The largest absolute Gasteiger partial charge is 0.354 e. The highest BCUT2D eigenvalue weighted by molar-refractivity contribution is 7.99. The maximum Gasteiger partial charge on any atom is 0.242 e. The molecule has 168 valence electrons. The Morgan fingerprint density at radius 1 is 1.06 bits per heavy atom. The van der Waals surface area contributed by atoms with E-state index in [1.165, 1.54) is 5.56 Å². The quantitative estimate of drug-likeness (QED) is 0.437. The van der Waals surface area contributed by atoms with Crippen LogP contribution in [0.3, 0.4) is 0 Å². The molecule has 0 aliphatic heterocycles. The Labute approximate surface area is 195 Å². The van der Waals surface area contributed by atoms with Gasteiger partial charge in [0.1, 0.15) is 6.04 Å². The van der Waals surface area contributed by atoms with Crippen LogP contribution in [-0.2, 0) is 16.1 Å². The Bertz CT molecular complexity index is 838. The second-order valence-electron chi connectivity index (χ2n) is 8.12. The van der Waals surface area contributed by atoms with Gasteiger partial charge < -0.3 is 10.2 Å². The van der Waals surface area contributed by atoms with Gasteiger partial charge in [-0.2, -0.15) is 0 Å². The van der Waals surface area contributed by atoms with E-state index in [-0.39, 0.29) is 11.8 Å². The third-order valence-corrected chi connectivity index (χ3v) is 6.21. The zero-order chi connectivity index (χ0) is 22.8. The number of thioether (sulfide) groups is 1. The molecule has 2 aromatic carbocycles. The van der Waals surface area contributed by atoms with Crippen LogP contribution >= 0.6 is 23.4 Å². The van der Waals surface area contributed by atoms with Gasteiger partial charge in [-0.05, 0) is 49.1 Å². The van der Waals surface area contributed by atoms with Gasteiger partial charge >= 0.3 is 0 Å². The predicted octanol–water partition coefficient (Wildman–Crippen LogP) is 5.71. The van der Waals surface area contributed by atoms with E-state index >= 15 is 0 Å². The summed E-state index contributed by atoms with van der Waals surface area (Å²) in [6, 6.07) is 15.2. The first-order valence-corrected chi connectivity index (χ1v) is 12.2. The number of aryl methyl sites for hydroxylation is 1. The summed E-state index contributed by atoms with van der Waals surface area (Å²) in [5, 5.41) is 3.70. The topological polar surface area (TPSA) is 49.4 Å². The molecule has 0 saturated carbocycles. The molecule has 31 heavy (non-hydrogen) atoms. The van der Waals surface area contributed by atoms with Crippen molar-refractivity contribution in [3.8, 4) is 0 Å². The Kier molecular flexibility index (Phi) is 10.4. The van der Waals surface area contributed by atoms with Crippen LogP contribution in [0.5, 0.6) is 0 Å². The smallest absolute Gasteiger partial charge is 0.242 e. The summed E-state index contributed by atoms with van der Waals surface area (Å²) in [4.78, 5) is 28.9. The van der Waals surface area contributed by atoms with E-state index in [2.05, 4.69) is 19.2 Å². The molecule has 0 heterocycles. The molecular weight excluding hydrogens is 428 g/mol. The van der Waals surface area contributed by atoms with E-state index in [4.69, 9.17) is 11.6 Å². The average molecular weight is 461 g/mol. The monoisotopic (exact) mass is 460 g/mol. The van der Waals surface area contributed by atoms with Gasteiger partial charge in [0.25, 0.3) is 0 Å². The molecule has 2 amide bonds. The second-order valence-corrected chi connectivity index (χ2v) is 9.73. The van der Waals surface area contributed by atoms with Crippen molar-refractivity contribution < 1.29 is 9.59 Å². The number of nitrogens with zero attached hydrogens (tertiary/aromatic N) is 1. The summed E-state index contributed by atoms with van der Waals surface area (Å²) in [6.45, 7) is 9.15. The van der Waals surface area contributed by atoms with Crippen LogP contribution in [0.2, 0.25) is 5.02 Å². The average Bonchev–Trinajstić information content (AvgIpc) is 2.74. The lowest BCUT2D eigenvalue weighted by Gasteiger charge is -2.31. The van der Waals surface area contributed by atoms with E-state index in [1.54, 1.807) is 16.7 Å². The standard InChI is InChI=1S/C25H33ClN2O2S/c1-5-23(25(30)27-16-18(2)3)28(17-20-8-6-19(4)7-9-20)24(29)14-15-31-22-12-10-21(26)11-13-22/h6-13,18,23H,5,14-17H2,1-4H3,(H,27,30)/t23-/m1/s1. The minimum Gasteiger partial charge on any atom is -0.354 e. The zero-order valence-corrected chi connectivity index (χ0v) is 20.4. The molecule has 0 aliphatic rings. The lowest BCUT2D eigenvalue weighted by molar-refractivity contribution is -0.141. The molecule has 1 atom stereocenters. The van der Waals surface area contributed by atoms with Crippen molar-refractivity contribution in [1.82, 2.24) is 10.2 Å². The van der Waals surface area contributed by atoms with Crippen LogP contribution in [0.4, 0.5) is 0 Å². The lowest BCUT2D eigenvalue weighted by Crippen LogP contribution is -2.49. The maximum atomic E-state index is 13.2. The molecule has 0 spiro atoms. The predicted molar refractivity (Wildman–Crippen MR) is 130 cm³/mol. The molecule has 0 bridgehead atoms. The van der Waals surface area contributed by atoms with Gasteiger partial charge in [0.2, 0.25) is 11.8 Å². The number of hydrogen-bond donors (Lipinski definition) is 1. The molecule has 2 aromatic rings. The van der Waals surface area contributed by atoms with Crippen molar-refractivity contribution in [2.75, 3.05) is 12.3 Å². The third-order valence-electron chi connectivity index (χ3n) is 4.94. The van der Waals surface area contributed by atoms with Crippen LogP contribution in [0.15, 0.2) is 53.4 Å². The highest BCUT2D eigenvalue weighted by Crippen LogP contribution is 2.22. The highest BCUT2D eigenvalue weighted by atomic mass is 35.5. The number of hydrogen-bond acceptors (Lipinski definition) is 3. The summed E-state index contributed by atoms with van der Waals surface area (Å²) in [5.74, 6) is 0.920. The zero-order valence-electron chi connectivity index (χ0n) is 18.9. The summed E-state index contributed by atoms with van der Waals surface area (Å²) in [6.07, 6.45) is 0.943. The summed E-state index contributed by atoms with van der Waals surface area (Å²) < 4.78 is 0. The van der Waals surface area contributed by atoms with Gasteiger partial charge in [-0.15, -0.1) is 11.8 Å². The number of rotatable bonds is 11. The van der Waals surface area contributed by atoms with Crippen molar-refractivity contribution in [2.24, 2.45) is 5.92 Å². The van der Waals surface area contributed by atoms with E-state index in [9.17, 15) is 9.59 Å². The first kappa shape index (κ1) is 25.3. The molecule has 0 fully saturated rings. The summed E-state index contributed by atoms with van der Waals surface area (Å²) in [7, 11) is 0. The Morgan fingerprint density at radius 2 is 1.71 bits per heavy atom. The second kappa shape index (κ2) is 12.8. The van der Waals surface area contributed by atoms with Gasteiger partial charge in [-0.1, -0.05) is 62.2 Å².